The van der Waals surface area contributed by atoms with E-state index in [1.165, 1.54) is 16.4 Å². The van der Waals surface area contributed by atoms with Crippen LogP contribution in [0, 0.1) is 0 Å². The van der Waals surface area contributed by atoms with Crippen molar-refractivity contribution in [1.82, 2.24) is 9.62 Å². The monoisotopic (exact) mass is 434 g/mol. The second-order valence-electron chi connectivity index (χ2n) is 7.43. The standard InChI is InChI=1S/C22H27ClN2O3S/c1-5-15-25(29(27,28)20-13-11-19(23)12-14-20)16-17-7-9-18(10-8-17)21(26)24-22(3,4)6-2/h5,7-14H,1,6,15-16H2,2-4H3,(H,24,26). The molecular weight excluding hydrogens is 408 g/mol. The van der Waals surface area contributed by atoms with E-state index < -0.39 is 10.0 Å². The highest BCUT2D eigenvalue weighted by Gasteiger charge is 2.24. The molecule has 0 aromatic heterocycles. The van der Waals surface area contributed by atoms with Gasteiger partial charge in [0.05, 0.1) is 4.90 Å². The van der Waals surface area contributed by atoms with Crippen molar-refractivity contribution in [1.29, 1.82) is 0 Å². The second-order valence-corrected chi connectivity index (χ2v) is 9.80. The number of halogens is 1. The van der Waals surface area contributed by atoms with E-state index in [2.05, 4.69) is 11.9 Å². The number of benzene rings is 2. The molecule has 7 heteroatoms. The molecule has 0 atom stereocenters. The van der Waals surface area contributed by atoms with Crippen LogP contribution >= 0.6 is 11.6 Å². The van der Waals surface area contributed by atoms with Crippen LogP contribution in [0.25, 0.3) is 0 Å². The summed E-state index contributed by atoms with van der Waals surface area (Å²) in [5.41, 5.74) is 1.02. The number of hydrogen-bond donors (Lipinski definition) is 1. The van der Waals surface area contributed by atoms with Crippen molar-refractivity contribution in [2.45, 2.75) is 44.2 Å². The smallest absolute Gasteiger partial charge is 0.251 e. The number of nitrogens with one attached hydrogen (secondary N) is 1. The van der Waals surface area contributed by atoms with Gasteiger partial charge in [-0.2, -0.15) is 4.31 Å². The van der Waals surface area contributed by atoms with E-state index in [4.69, 9.17) is 11.6 Å². The van der Waals surface area contributed by atoms with Gasteiger partial charge in [0.2, 0.25) is 10.0 Å². The van der Waals surface area contributed by atoms with Crippen LogP contribution in [0.5, 0.6) is 0 Å². The number of carbonyl (C=O) groups excluding carboxylic acids is 1. The highest BCUT2D eigenvalue weighted by molar-refractivity contribution is 7.89. The minimum atomic E-state index is -3.71. The molecule has 29 heavy (non-hydrogen) atoms. The average Bonchev–Trinajstić information content (AvgIpc) is 2.68. The maximum absolute atomic E-state index is 13.0. The number of nitrogens with zero attached hydrogens (tertiary/aromatic N) is 1. The minimum Gasteiger partial charge on any atom is -0.347 e. The van der Waals surface area contributed by atoms with Crippen LogP contribution in [0.3, 0.4) is 0 Å². The molecule has 0 heterocycles. The lowest BCUT2D eigenvalue weighted by molar-refractivity contribution is 0.0911. The Balaban J connectivity index is 2.20. The maximum atomic E-state index is 13.0. The zero-order valence-electron chi connectivity index (χ0n) is 17.0. The van der Waals surface area contributed by atoms with Crippen LogP contribution in [-0.2, 0) is 16.6 Å². The SMILES string of the molecule is C=CCN(Cc1ccc(C(=O)NC(C)(C)CC)cc1)S(=O)(=O)c1ccc(Cl)cc1. The predicted molar refractivity (Wildman–Crippen MR) is 118 cm³/mol. The lowest BCUT2D eigenvalue weighted by Gasteiger charge is -2.24. The molecule has 0 unspecified atom stereocenters. The van der Waals surface area contributed by atoms with Gasteiger partial charge in [-0.1, -0.05) is 36.7 Å². The Labute approximate surface area is 178 Å². The summed E-state index contributed by atoms with van der Waals surface area (Å²) in [4.78, 5) is 12.6. The summed E-state index contributed by atoms with van der Waals surface area (Å²) < 4.78 is 27.3. The van der Waals surface area contributed by atoms with Gasteiger partial charge in [0.25, 0.3) is 5.91 Å². The number of carbonyl (C=O) groups is 1. The Morgan fingerprint density at radius 3 is 2.24 bits per heavy atom. The van der Waals surface area contributed by atoms with Crippen molar-refractivity contribution in [3.63, 3.8) is 0 Å². The summed E-state index contributed by atoms with van der Waals surface area (Å²) in [5, 5.41) is 3.46. The first-order chi connectivity index (χ1) is 13.6. The van der Waals surface area contributed by atoms with E-state index in [0.29, 0.717) is 10.6 Å². The van der Waals surface area contributed by atoms with Crippen molar-refractivity contribution in [3.05, 3.63) is 77.3 Å². The molecule has 0 aliphatic carbocycles. The third-order valence-corrected chi connectivity index (χ3v) is 6.77. The summed E-state index contributed by atoms with van der Waals surface area (Å²) in [6.45, 7) is 9.94. The summed E-state index contributed by atoms with van der Waals surface area (Å²) in [6.07, 6.45) is 2.36. The second kappa shape index (κ2) is 9.57. The van der Waals surface area contributed by atoms with Crippen LogP contribution < -0.4 is 5.32 Å². The predicted octanol–water partition coefficient (Wildman–Crippen LogP) is 4.64. The molecule has 0 aliphatic heterocycles. The third-order valence-electron chi connectivity index (χ3n) is 4.70. The Hall–Kier alpha value is -2.15. The summed E-state index contributed by atoms with van der Waals surface area (Å²) >= 11 is 5.86. The zero-order valence-corrected chi connectivity index (χ0v) is 18.6. The fourth-order valence-corrected chi connectivity index (χ4v) is 4.11. The molecule has 2 aromatic carbocycles. The summed E-state index contributed by atoms with van der Waals surface area (Å²) in [5.74, 6) is -0.153. The first-order valence-corrected chi connectivity index (χ1v) is 11.2. The molecule has 156 valence electrons. The molecule has 0 aliphatic rings. The highest BCUT2D eigenvalue weighted by Crippen LogP contribution is 2.21. The van der Waals surface area contributed by atoms with Gasteiger partial charge in [-0.15, -0.1) is 6.58 Å². The molecule has 2 aromatic rings. The van der Waals surface area contributed by atoms with Crippen molar-refractivity contribution in [2.75, 3.05) is 6.54 Å². The maximum Gasteiger partial charge on any atom is 0.251 e. The van der Waals surface area contributed by atoms with Crippen molar-refractivity contribution in [3.8, 4) is 0 Å². The van der Waals surface area contributed by atoms with Crippen molar-refractivity contribution >= 4 is 27.5 Å². The van der Waals surface area contributed by atoms with Crippen LogP contribution in [-0.4, -0.2) is 30.7 Å². The first kappa shape index (κ1) is 23.1. The van der Waals surface area contributed by atoms with Gasteiger partial charge in [-0.25, -0.2) is 8.42 Å². The Morgan fingerprint density at radius 1 is 1.14 bits per heavy atom. The van der Waals surface area contributed by atoms with E-state index in [-0.39, 0.29) is 29.4 Å². The Kier molecular flexibility index (Phi) is 7.63. The van der Waals surface area contributed by atoms with Crippen LogP contribution in [0.1, 0.15) is 43.1 Å². The van der Waals surface area contributed by atoms with Crippen molar-refractivity contribution in [2.24, 2.45) is 0 Å². The van der Waals surface area contributed by atoms with Gasteiger partial charge in [0.15, 0.2) is 0 Å². The van der Waals surface area contributed by atoms with E-state index in [1.54, 1.807) is 42.5 Å². The first-order valence-electron chi connectivity index (χ1n) is 9.37. The largest absolute Gasteiger partial charge is 0.347 e. The Bertz CT molecular complexity index is 953. The normalized spacial score (nSPS) is 12.0. The van der Waals surface area contributed by atoms with E-state index in [1.807, 2.05) is 20.8 Å². The quantitative estimate of drug-likeness (QED) is 0.585. The molecule has 2 rings (SSSR count). The van der Waals surface area contributed by atoms with Gasteiger partial charge in [-0.05, 0) is 62.2 Å². The average molecular weight is 435 g/mol. The van der Waals surface area contributed by atoms with Crippen LogP contribution in [0.4, 0.5) is 0 Å². The van der Waals surface area contributed by atoms with Gasteiger partial charge in [0.1, 0.15) is 0 Å². The van der Waals surface area contributed by atoms with Gasteiger partial charge < -0.3 is 5.32 Å². The van der Waals surface area contributed by atoms with Gasteiger partial charge in [0, 0.05) is 29.2 Å². The van der Waals surface area contributed by atoms with Crippen LogP contribution in [0.2, 0.25) is 5.02 Å². The van der Waals surface area contributed by atoms with E-state index in [0.717, 1.165) is 12.0 Å². The molecule has 0 bridgehead atoms. The fraction of sp³-hybridized carbons (Fsp3) is 0.318. The minimum absolute atomic E-state index is 0.153. The lowest BCUT2D eigenvalue weighted by atomic mass is 10.0. The van der Waals surface area contributed by atoms with Gasteiger partial charge in [-0.3, -0.25) is 4.79 Å². The van der Waals surface area contributed by atoms with Gasteiger partial charge >= 0.3 is 0 Å². The highest BCUT2D eigenvalue weighted by atomic mass is 35.5. The molecule has 5 nitrogen and oxygen atoms in total. The van der Waals surface area contributed by atoms with Crippen LogP contribution in [0.15, 0.2) is 66.1 Å². The fourth-order valence-electron chi connectivity index (χ4n) is 2.58. The molecular formula is C22H27ClN2O3S. The molecule has 0 saturated heterocycles. The number of rotatable bonds is 9. The molecule has 0 spiro atoms. The number of amides is 1. The number of sulfonamides is 1. The molecule has 0 saturated carbocycles. The third kappa shape index (κ3) is 6.16. The lowest BCUT2D eigenvalue weighted by Crippen LogP contribution is -2.42. The molecule has 1 amide bonds. The van der Waals surface area contributed by atoms with E-state index >= 15 is 0 Å². The zero-order chi connectivity index (χ0) is 21.7. The molecule has 0 fully saturated rings. The molecule has 0 radical (unpaired) electrons. The topological polar surface area (TPSA) is 66.5 Å². The number of hydrogen-bond acceptors (Lipinski definition) is 3. The summed E-state index contributed by atoms with van der Waals surface area (Å²) in [6, 6.07) is 13.0. The van der Waals surface area contributed by atoms with E-state index in [9.17, 15) is 13.2 Å². The Morgan fingerprint density at radius 2 is 1.72 bits per heavy atom. The summed E-state index contributed by atoms with van der Waals surface area (Å²) in [7, 11) is -3.71. The molecule has 1 N–H and O–H groups in total. The van der Waals surface area contributed by atoms with Crippen molar-refractivity contribution < 1.29 is 13.2 Å².